The van der Waals surface area contributed by atoms with Crippen molar-refractivity contribution in [2.75, 3.05) is 0 Å². The zero-order valence-electron chi connectivity index (χ0n) is 7.73. The van der Waals surface area contributed by atoms with Crippen LogP contribution in [0.15, 0.2) is 21.5 Å². The molecular weight excluding hydrogens is 252 g/mol. The van der Waals surface area contributed by atoms with Crippen molar-refractivity contribution < 1.29 is 4.92 Å². The molecule has 0 N–H and O–H groups in total. The molecule has 0 radical (unpaired) electrons. The van der Waals surface area contributed by atoms with Gasteiger partial charge in [0.1, 0.15) is 0 Å². The van der Waals surface area contributed by atoms with E-state index in [0.717, 1.165) is 0 Å². The first kappa shape index (κ1) is 10.9. The number of hydrogen-bond acceptors (Lipinski definition) is 3. The van der Waals surface area contributed by atoms with E-state index >= 15 is 0 Å². The molecule has 1 aromatic heterocycles. The molecule has 0 atom stereocenters. The molecule has 14 heavy (non-hydrogen) atoms. The van der Waals surface area contributed by atoms with Crippen LogP contribution in [-0.4, -0.2) is 9.49 Å². The van der Waals surface area contributed by atoms with Gasteiger partial charge in [0.2, 0.25) is 0 Å². The van der Waals surface area contributed by atoms with Crippen LogP contribution in [0.2, 0.25) is 0 Å². The molecule has 0 saturated heterocycles. The summed E-state index contributed by atoms with van der Waals surface area (Å²) in [5, 5.41) is 10.5. The van der Waals surface area contributed by atoms with Gasteiger partial charge in [-0.2, -0.15) is 0 Å². The van der Waals surface area contributed by atoms with Gasteiger partial charge >= 0.3 is 0 Å². The lowest BCUT2D eigenvalue weighted by atomic mass is 10.3. The summed E-state index contributed by atoms with van der Waals surface area (Å²) in [5.74, 6) is 0. The molecule has 0 fully saturated rings. The second-order valence-corrected chi connectivity index (χ2v) is 3.96. The second-order valence-electron chi connectivity index (χ2n) is 3.11. The van der Waals surface area contributed by atoms with Gasteiger partial charge in [0.05, 0.1) is 15.6 Å². The number of rotatable bonds is 2. The van der Waals surface area contributed by atoms with Crippen molar-refractivity contribution in [3.05, 3.63) is 37.2 Å². The average Bonchev–Trinajstić information content (AvgIpc) is 2.08. The molecule has 0 aliphatic carbocycles. The molecule has 6 heteroatoms. The highest BCUT2D eigenvalue weighted by Gasteiger charge is 2.13. The largest absolute Gasteiger partial charge is 0.305 e. The number of nitro groups is 1. The lowest BCUT2D eigenvalue weighted by Gasteiger charge is -2.09. The quantitative estimate of drug-likeness (QED) is 0.604. The Balaban J connectivity index is 3.43. The van der Waals surface area contributed by atoms with Gasteiger partial charge in [-0.15, -0.1) is 0 Å². The summed E-state index contributed by atoms with van der Waals surface area (Å²) in [6, 6.07) is 1.11. The first-order valence-electron chi connectivity index (χ1n) is 3.99. The van der Waals surface area contributed by atoms with Crippen molar-refractivity contribution in [1.82, 2.24) is 4.57 Å². The minimum Gasteiger partial charge on any atom is -0.305 e. The normalized spacial score (nSPS) is 10.6. The van der Waals surface area contributed by atoms with Crippen molar-refractivity contribution in [1.29, 1.82) is 0 Å². The average molecular weight is 261 g/mol. The van der Waals surface area contributed by atoms with Gasteiger partial charge in [-0.1, -0.05) is 0 Å². The number of halogens is 1. The molecule has 1 heterocycles. The molecule has 0 amide bonds. The van der Waals surface area contributed by atoms with Crippen molar-refractivity contribution in [3.63, 3.8) is 0 Å². The van der Waals surface area contributed by atoms with Crippen LogP contribution in [0.3, 0.4) is 0 Å². The molecular formula is C8H9BrN2O3. The predicted molar refractivity (Wildman–Crippen MR) is 55.4 cm³/mol. The summed E-state index contributed by atoms with van der Waals surface area (Å²) in [4.78, 5) is 21.5. The molecule has 1 aromatic rings. The van der Waals surface area contributed by atoms with Crippen LogP contribution < -0.4 is 5.56 Å². The number of hydrogen-bond donors (Lipinski definition) is 0. The number of pyridine rings is 1. The Hall–Kier alpha value is -1.17. The van der Waals surface area contributed by atoms with E-state index in [1.165, 1.54) is 16.8 Å². The first-order chi connectivity index (χ1) is 6.43. The van der Waals surface area contributed by atoms with E-state index in [0.29, 0.717) is 0 Å². The Labute approximate surface area is 88.6 Å². The van der Waals surface area contributed by atoms with Crippen LogP contribution in [0.5, 0.6) is 0 Å². The van der Waals surface area contributed by atoms with E-state index in [9.17, 15) is 14.9 Å². The zero-order valence-corrected chi connectivity index (χ0v) is 9.32. The molecule has 0 aliphatic rings. The molecule has 0 aromatic carbocycles. The van der Waals surface area contributed by atoms with Crippen LogP contribution in [0.4, 0.5) is 5.69 Å². The van der Waals surface area contributed by atoms with Gasteiger partial charge in [-0.25, -0.2) is 0 Å². The molecule has 5 nitrogen and oxygen atoms in total. The molecule has 0 spiro atoms. The maximum absolute atomic E-state index is 11.5. The molecule has 0 bridgehead atoms. The summed E-state index contributed by atoms with van der Waals surface area (Å²) in [5.41, 5.74) is -0.351. The minimum absolute atomic E-state index is 0.0924. The highest BCUT2D eigenvalue weighted by molar-refractivity contribution is 9.10. The standard InChI is InChI=1S/C8H9BrN2O3/c1-5(2)10-4-6(11(13)14)3-7(9)8(10)12/h3-5H,1-2H3. The van der Waals surface area contributed by atoms with Crippen LogP contribution in [0.25, 0.3) is 0 Å². The fourth-order valence-electron chi connectivity index (χ4n) is 1.04. The Kier molecular flexibility index (Phi) is 3.05. The molecule has 1 rings (SSSR count). The van der Waals surface area contributed by atoms with Gasteiger partial charge in [0, 0.05) is 12.1 Å². The van der Waals surface area contributed by atoms with Gasteiger partial charge in [0.25, 0.3) is 11.2 Å². The minimum atomic E-state index is -0.525. The molecule has 0 aliphatic heterocycles. The Morgan fingerprint density at radius 1 is 1.57 bits per heavy atom. The fourth-order valence-corrected chi connectivity index (χ4v) is 1.48. The fraction of sp³-hybridized carbons (Fsp3) is 0.375. The lowest BCUT2D eigenvalue weighted by molar-refractivity contribution is -0.385. The van der Waals surface area contributed by atoms with Crippen molar-refractivity contribution in [2.45, 2.75) is 19.9 Å². The zero-order chi connectivity index (χ0) is 10.9. The van der Waals surface area contributed by atoms with Crippen molar-refractivity contribution in [2.24, 2.45) is 0 Å². The van der Waals surface area contributed by atoms with E-state index in [2.05, 4.69) is 15.9 Å². The van der Waals surface area contributed by atoms with E-state index in [1.54, 1.807) is 13.8 Å². The first-order valence-corrected chi connectivity index (χ1v) is 4.79. The van der Waals surface area contributed by atoms with Gasteiger partial charge in [-0.05, 0) is 29.8 Å². The molecule has 0 unspecified atom stereocenters. The van der Waals surface area contributed by atoms with E-state index in [-0.39, 0.29) is 21.8 Å². The van der Waals surface area contributed by atoms with Crippen molar-refractivity contribution >= 4 is 21.6 Å². The van der Waals surface area contributed by atoms with Crippen molar-refractivity contribution in [3.8, 4) is 0 Å². The summed E-state index contributed by atoms with van der Waals surface area (Å²) in [7, 11) is 0. The highest BCUT2D eigenvalue weighted by Crippen LogP contribution is 2.16. The van der Waals surface area contributed by atoms with Gasteiger partial charge in [0.15, 0.2) is 0 Å². The van der Waals surface area contributed by atoms with Crippen LogP contribution in [0, 0.1) is 10.1 Å². The summed E-state index contributed by atoms with van der Waals surface area (Å²) >= 11 is 3.00. The molecule has 76 valence electrons. The van der Waals surface area contributed by atoms with E-state index < -0.39 is 4.92 Å². The SMILES string of the molecule is CC(C)n1cc([N+](=O)[O-])cc(Br)c1=O. The third-order valence-corrected chi connectivity index (χ3v) is 2.32. The summed E-state index contributed by atoms with van der Waals surface area (Å²) in [6.45, 7) is 3.58. The third-order valence-electron chi connectivity index (χ3n) is 1.75. The summed E-state index contributed by atoms with van der Waals surface area (Å²) in [6.07, 6.45) is 1.25. The maximum Gasteiger partial charge on any atom is 0.286 e. The number of aromatic nitrogens is 1. The number of nitrogens with zero attached hydrogens (tertiary/aromatic N) is 2. The second kappa shape index (κ2) is 3.91. The van der Waals surface area contributed by atoms with Gasteiger partial charge in [-0.3, -0.25) is 14.9 Å². The van der Waals surface area contributed by atoms with Crippen LogP contribution >= 0.6 is 15.9 Å². The van der Waals surface area contributed by atoms with Crippen LogP contribution in [-0.2, 0) is 0 Å². The van der Waals surface area contributed by atoms with Gasteiger partial charge < -0.3 is 4.57 Å². The lowest BCUT2D eigenvalue weighted by Crippen LogP contribution is -2.22. The maximum atomic E-state index is 11.5. The Morgan fingerprint density at radius 2 is 2.14 bits per heavy atom. The third kappa shape index (κ3) is 2.01. The smallest absolute Gasteiger partial charge is 0.286 e. The predicted octanol–water partition coefficient (Wildman–Crippen LogP) is 2.10. The molecule has 0 saturated carbocycles. The summed E-state index contributed by atoms with van der Waals surface area (Å²) < 4.78 is 1.53. The highest BCUT2D eigenvalue weighted by atomic mass is 79.9. The van der Waals surface area contributed by atoms with E-state index in [1.807, 2.05) is 0 Å². The topological polar surface area (TPSA) is 65.1 Å². The monoisotopic (exact) mass is 260 g/mol. The Bertz CT molecular complexity index is 425. The van der Waals surface area contributed by atoms with Crippen LogP contribution in [0.1, 0.15) is 19.9 Å². The Morgan fingerprint density at radius 3 is 2.57 bits per heavy atom. The van der Waals surface area contributed by atoms with E-state index in [4.69, 9.17) is 0 Å².